The number of aryl methyl sites for hydroxylation is 1. The van der Waals surface area contributed by atoms with Crippen molar-refractivity contribution in [2.75, 3.05) is 6.61 Å². The maximum Gasteiger partial charge on any atom is 0.333 e. The Labute approximate surface area is 179 Å². The molecule has 3 aromatic rings. The van der Waals surface area contributed by atoms with E-state index in [1.807, 2.05) is 44.2 Å². The van der Waals surface area contributed by atoms with Crippen molar-refractivity contribution in [3.63, 3.8) is 0 Å². The van der Waals surface area contributed by atoms with E-state index in [9.17, 15) is 9.59 Å². The van der Waals surface area contributed by atoms with Crippen molar-refractivity contribution in [2.45, 2.75) is 45.6 Å². The molecule has 0 saturated heterocycles. The molecule has 8 heteroatoms. The Bertz CT molecular complexity index is 1070. The lowest BCUT2D eigenvalue weighted by Crippen LogP contribution is -2.35. The molecule has 1 aliphatic rings. The van der Waals surface area contributed by atoms with Crippen LogP contribution < -0.4 is 5.32 Å². The predicted octanol–water partition coefficient (Wildman–Crippen LogP) is 3.86. The third kappa shape index (κ3) is 3.87. The SMILES string of the molecule is CCOC(=O)[C@H](NC(=O)c1scnc1C1CC1)c1c(C)nn(-c2ccccc2)c1C. The highest BCUT2D eigenvalue weighted by Crippen LogP contribution is 2.42. The van der Waals surface area contributed by atoms with Crippen molar-refractivity contribution in [2.24, 2.45) is 0 Å². The summed E-state index contributed by atoms with van der Waals surface area (Å²) in [7, 11) is 0. The molecule has 4 rings (SSSR count). The summed E-state index contributed by atoms with van der Waals surface area (Å²) in [5.74, 6) is -0.451. The van der Waals surface area contributed by atoms with Gasteiger partial charge in [-0.3, -0.25) is 4.79 Å². The quantitative estimate of drug-likeness (QED) is 0.582. The monoisotopic (exact) mass is 424 g/mol. The molecule has 1 N–H and O–H groups in total. The van der Waals surface area contributed by atoms with E-state index in [2.05, 4.69) is 15.4 Å². The van der Waals surface area contributed by atoms with E-state index in [-0.39, 0.29) is 12.5 Å². The summed E-state index contributed by atoms with van der Waals surface area (Å²) in [6, 6.07) is 8.74. The van der Waals surface area contributed by atoms with Crippen LogP contribution in [-0.2, 0) is 9.53 Å². The summed E-state index contributed by atoms with van der Waals surface area (Å²) in [6.07, 6.45) is 2.10. The van der Waals surface area contributed by atoms with Gasteiger partial charge in [-0.05, 0) is 45.7 Å². The minimum absolute atomic E-state index is 0.226. The fourth-order valence-electron chi connectivity index (χ4n) is 3.64. The number of benzene rings is 1. The molecule has 0 bridgehead atoms. The highest BCUT2D eigenvalue weighted by Gasteiger charge is 2.34. The van der Waals surface area contributed by atoms with E-state index >= 15 is 0 Å². The van der Waals surface area contributed by atoms with Crippen molar-refractivity contribution in [1.29, 1.82) is 0 Å². The van der Waals surface area contributed by atoms with Gasteiger partial charge in [0, 0.05) is 17.2 Å². The first-order chi connectivity index (χ1) is 14.5. The average Bonchev–Trinajstić information content (AvgIpc) is 3.39. The van der Waals surface area contributed by atoms with Crippen molar-refractivity contribution in [1.82, 2.24) is 20.1 Å². The van der Waals surface area contributed by atoms with E-state index in [1.165, 1.54) is 11.3 Å². The number of aromatic nitrogens is 3. The first-order valence-corrected chi connectivity index (χ1v) is 10.9. The topological polar surface area (TPSA) is 86.1 Å². The van der Waals surface area contributed by atoms with Crippen LogP contribution in [0.3, 0.4) is 0 Å². The number of hydrogen-bond acceptors (Lipinski definition) is 6. The van der Waals surface area contributed by atoms with E-state index < -0.39 is 12.0 Å². The minimum atomic E-state index is -0.941. The minimum Gasteiger partial charge on any atom is -0.464 e. The highest BCUT2D eigenvalue weighted by atomic mass is 32.1. The summed E-state index contributed by atoms with van der Waals surface area (Å²) in [4.78, 5) is 30.9. The zero-order valence-electron chi connectivity index (χ0n) is 17.2. The number of rotatable bonds is 7. The molecule has 1 fully saturated rings. The second-order valence-corrected chi connectivity index (χ2v) is 8.19. The number of carbonyl (C=O) groups excluding carboxylic acids is 2. The van der Waals surface area contributed by atoms with Crippen LogP contribution in [0.5, 0.6) is 0 Å². The van der Waals surface area contributed by atoms with Gasteiger partial charge in [0.25, 0.3) is 5.91 Å². The molecular weight excluding hydrogens is 400 g/mol. The van der Waals surface area contributed by atoms with Crippen molar-refractivity contribution >= 4 is 23.2 Å². The lowest BCUT2D eigenvalue weighted by Gasteiger charge is -2.18. The van der Waals surface area contributed by atoms with E-state index in [0.717, 1.165) is 29.9 Å². The summed E-state index contributed by atoms with van der Waals surface area (Å²) in [5.41, 5.74) is 5.50. The maximum atomic E-state index is 13.1. The molecule has 30 heavy (non-hydrogen) atoms. The third-order valence-corrected chi connectivity index (χ3v) is 6.04. The molecule has 2 aromatic heterocycles. The zero-order valence-corrected chi connectivity index (χ0v) is 18.0. The van der Waals surface area contributed by atoms with Gasteiger partial charge in [-0.2, -0.15) is 5.10 Å². The average molecular weight is 425 g/mol. The number of nitrogens with one attached hydrogen (secondary N) is 1. The predicted molar refractivity (Wildman–Crippen MR) is 114 cm³/mol. The van der Waals surface area contributed by atoms with Crippen molar-refractivity contribution < 1.29 is 14.3 Å². The lowest BCUT2D eigenvalue weighted by atomic mass is 10.0. The summed E-state index contributed by atoms with van der Waals surface area (Å²) >= 11 is 1.30. The number of thiazole rings is 1. The van der Waals surface area contributed by atoms with Gasteiger partial charge < -0.3 is 10.1 Å². The Morgan fingerprint density at radius 1 is 1.27 bits per heavy atom. The largest absolute Gasteiger partial charge is 0.464 e. The van der Waals surface area contributed by atoms with Gasteiger partial charge in [-0.15, -0.1) is 11.3 Å². The molecule has 1 amide bonds. The Kier molecular flexibility index (Phi) is 5.67. The van der Waals surface area contributed by atoms with Crippen LogP contribution in [0.15, 0.2) is 35.8 Å². The number of nitrogens with zero attached hydrogens (tertiary/aromatic N) is 3. The Hall–Kier alpha value is -3.00. The van der Waals surface area contributed by atoms with Gasteiger partial charge in [0.05, 0.1) is 29.2 Å². The standard InChI is InChI=1S/C22H24N4O3S/c1-4-29-22(28)19(24-21(27)20-18(15-10-11-15)23-12-30-20)17-13(2)25-26(14(17)3)16-8-6-5-7-9-16/h5-9,12,15,19H,4,10-11H2,1-3H3,(H,24,27)/t19-/m1/s1. The summed E-state index contributed by atoms with van der Waals surface area (Å²) in [6.45, 7) is 5.70. The van der Waals surface area contributed by atoms with Crippen molar-refractivity contribution in [3.05, 3.63) is 63.4 Å². The number of para-hydroxylation sites is 1. The van der Waals surface area contributed by atoms with Gasteiger partial charge in [0.15, 0.2) is 6.04 Å². The van der Waals surface area contributed by atoms with Gasteiger partial charge in [0.1, 0.15) is 4.88 Å². The first kappa shape index (κ1) is 20.3. The van der Waals surface area contributed by atoms with Crippen LogP contribution in [0.4, 0.5) is 0 Å². The van der Waals surface area contributed by atoms with Gasteiger partial charge >= 0.3 is 5.97 Å². The number of amides is 1. The van der Waals surface area contributed by atoms with Crippen LogP contribution >= 0.6 is 11.3 Å². The van der Waals surface area contributed by atoms with E-state index in [1.54, 1.807) is 17.1 Å². The number of carbonyl (C=O) groups is 2. The third-order valence-electron chi connectivity index (χ3n) is 5.20. The Morgan fingerprint density at radius 2 is 2.00 bits per heavy atom. The van der Waals surface area contributed by atoms with Crippen LogP contribution in [0.1, 0.15) is 64.0 Å². The molecule has 1 atom stereocenters. The Balaban J connectivity index is 1.69. The molecule has 0 aliphatic heterocycles. The fourth-order valence-corrected chi connectivity index (χ4v) is 4.41. The second kappa shape index (κ2) is 8.39. The number of ether oxygens (including phenoxy) is 1. The van der Waals surface area contributed by atoms with Crippen LogP contribution in [0.2, 0.25) is 0 Å². The van der Waals surface area contributed by atoms with E-state index in [0.29, 0.717) is 22.1 Å². The van der Waals surface area contributed by atoms with Crippen molar-refractivity contribution in [3.8, 4) is 5.69 Å². The number of hydrogen-bond donors (Lipinski definition) is 1. The fraction of sp³-hybridized carbons (Fsp3) is 0.364. The molecule has 0 radical (unpaired) electrons. The van der Waals surface area contributed by atoms with Crippen LogP contribution in [0, 0.1) is 13.8 Å². The van der Waals surface area contributed by atoms with Gasteiger partial charge in [-0.1, -0.05) is 18.2 Å². The van der Waals surface area contributed by atoms with Crippen LogP contribution in [-0.4, -0.2) is 33.2 Å². The molecule has 0 unspecified atom stereocenters. The smallest absolute Gasteiger partial charge is 0.333 e. The van der Waals surface area contributed by atoms with E-state index in [4.69, 9.17) is 4.74 Å². The molecule has 7 nitrogen and oxygen atoms in total. The van der Waals surface area contributed by atoms with Gasteiger partial charge in [-0.25, -0.2) is 14.5 Å². The Morgan fingerprint density at radius 3 is 2.67 bits per heavy atom. The molecule has 156 valence electrons. The summed E-state index contributed by atoms with van der Waals surface area (Å²) < 4.78 is 7.07. The first-order valence-electron chi connectivity index (χ1n) is 10.0. The van der Waals surface area contributed by atoms with Gasteiger partial charge in [0.2, 0.25) is 0 Å². The maximum absolute atomic E-state index is 13.1. The molecule has 1 aliphatic carbocycles. The molecule has 1 aromatic carbocycles. The highest BCUT2D eigenvalue weighted by molar-refractivity contribution is 7.11. The lowest BCUT2D eigenvalue weighted by molar-refractivity contribution is -0.145. The molecule has 2 heterocycles. The molecule has 0 spiro atoms. The van der Waals surface area contributed by atoms with Crippen LogP contribution in [0.25, 0.3) is 5.69 Å². The normalized spacial score (nSPS) is 14.4. The molecule has 1 saturated carbocycles. The molecular formula is C22H24N4O3S. The number of esters is 1. The summed E-state index contributed by atoms with van der Waals surface area (Å²) in [5, 5.41) is 7.51. The second-order valence-electron chi connectivity index (χ2n) is 7.33. The zero-order chi connectivity index (χ0) is 21.3.